The summed E-state index contributed by atoms with van der Waals surface area (Å²) >= 11 is 5.91. The van der Waals surface area contributed by atoms with Gasteiger partial charge in [-0.05, 0) is 24.8 Å². The van der Waals surface area contributed by atoms with Gasteiger partial charge in [-0.15, -0.1) is 0 Å². The topological polar surface area (TPSA) is 73.8 Å². The highest BCUT2D eigenvalue weighted by molar-refractivity contribution is 6.32. The van der Waals surface area contributed by atoms with Crippen molar-refractivity contribution < 1.29 is 26.3 Å². The van der Waals surface area contributed by atoms with Gasteiger partial charge in [0.05, 0.1) is 10.6 Å². The summed E-state index contributed by atoms with van der Waals surface area (Å²) in [6, 6.07) is 0.532. The van der Waals surface area contributed by atoms with Crippen molar-refractivity contribution in [2.75, 3.05) is 5.73 Å². The van der Waals surface area contributed by atoms with Crippen molar-refractivity contribution >= 4 is 17.3 Å². The summed E-state index contributed by atoms with van der Waals surface area (Å²) in [6.45, 7) is 0.0164. The zero-order valence-electron chi connectivity index (χ0n) is 15.4. The molecular formula is C18H17ClF6N4O. The average Bonchev–Trinajstić information content (AvgIpc) is 2.65. The summed E-state index contributed by atoms with van der Waals surface area (Å²) in [7, 11) is 0. The normalized spacial score (nSPS) is 16.1. The van der Waals surface area contributed by atoms with Crippen molar-refractivity contribution in [1.82, 2.24) is 14.5 Å². The lowest BCUT2D eigenvalue weighted by molar-refractivity contribution is -0.140. The zero-order valence-corrected chi connectivity index (χ0v) is 16.2. The van der Waals surface area contributed by atoms with Crippen LogP contribution in [0, 0.1) is 5.92 Å². The fourth-order valence-electron chi connectivity index (χ4n) is 3.52. The summed E-state index contributed by atoms with van der Waals surface area (Å²) in [4.78, 5) is 19.7. The Kier molecular flexibility index (Phi) is 6.03. The second kappa shape index (κ2) is 8.09. The monoisotopic (exact) mass is 454 g/mol. The van der Waals surface area contributed by atoms with E-state index in [2.05, 4.69) is 9.97 Å². The van der Waals surface area contributed by atoms with Gasteiger partial charge in [0.1, 0.15) is 11.4 Å². The number of rotatable bonds is 3. The SMILES string of the molecule is Nc1c(C(F)(F)F)nc(-c2ncc(C(F)(F)F)cc2Cl)n(CC2CCCCC2)c1=O. The molecule has 0 unspecified atom stereocenters. The maximum atomic E-state index is 13.3. The molecule has 164 valence electrons. The lowest BCUT2D eigenvalue weighted by Crippen LogP contribution is -2.32. The Hall–Kier alpha value is -2.30. The van der Waals surface area contributed by atoms with Crippen molar-refractivity contribution in [2.24, 2.45) is 5.92 Å². The molecular weight excluding hydrogens is 438 g/mol. The second-order valence-electron chi connectivity index (χ2n) is 7.17. The molecule has 0 amide bonds. The van der Waals surface area contributed by atoms with Crippen molar-refractivity contribution in [1.29, 1.82) is 0 Å². The third kappa shape index (κ3) is 4.55. The number of alkyl halides is 6. The third-order valence-electron chi connectivity index (χ3n) is 5.02. The number of pyridine rings is 1. The minimum atomic E-state index is -5.04. The molecule has 0 aliphatic heterocycles. The number of nitrogen functional groups attached to an aromatic ring is 1. The maximum absolute atomic E-state index is 13.3. The Morgan fingerprint density at radius 2 is 1.73 bits per heavy atom. The molecule has 0 aromatic carbocycles. The predicted octanol–water partition coefficient (Wildman–Crippen LogP) is 5.16. The molecule has 0 radical (unpaired) electrons. The first-order chi connectivity index (χ1) is 13.9. The van der Waals surface area contributed by atoms with Crippen LogP contribution in [0.4, 0.5) is 32.0 Å². The van der Waals surface area contributed by atoms with E-state index in [1.54, 1.807) is 0 Å². The first-order valence-corrected chi connectivity index (χ1v) is 9.48. The molecule has 0 saturated heterocycles. The molecule has 2 aromatic rings. The summed E-state index contributed by atoms with van der Waals surface area (Å²) in [6.07, 6.45) is -5.04. The van der Waals surface area contributed by atoms with Gasteiger partial charge in [0.2, 0.25) is 0 Å². The predicted molar refractivity (Wildman–Crippen MR) is 97.7 cm³/mol. The van der Waals surface area contributed by atoms with Gasteiger partial charge in [0.15, 0.2) is 11.5 Å². The van der Waals surface area contributed by atoms with Gasteiger partial charge in [-0.1, -0.05) is 30.9 Å². The van der Waals surface area contributed by atoms with E-state index in [0.717, 1.165) is 36.7 Å². The molecule has 1 aliphatic rings. The number of hydrogen-bond acceptors (Lipinski definition) is 4. The van der Waals surface area contributed by atoms with E-state index in [1.165, 1.54) is 0 Å². The fourth-order valence-corrected chi connectivity index (χ4v) is 3.77. The Bertz CT molecular complexity index is 996. The molecule has 1 fully saturated rings. The van der Waals surface area contributed by atoms with Gasteiger partial charge in [0.25, 0.3) is 5.56 Å². The third-order valence-corrected chi connectivity index (χ3v) is 5.31. The minimum Gasteiger partial charge on any atom is -0.392 e. The summed E-state index contributed by atoms with van der Waals surface area (Å²) in [5.41, 5.74) is -0.0420. The summed E-state index contributed by atoms with van der Waals surface area (Å²) in [5.74, 6) is -0.577. The van der Waals surface area contributed by atoms with E-state index in [4.69, 9.17) is 17.3 Å². The van der Waals surface area contributed by atoms with E-state index in [9.17, 15) is 31.1 Å². The molecule has 30 heavy (non-hydrogen) atoms. The van der Waals surface area contributed by atoms with Crippen LogP contribution in [-0.2, 0) is 18.9 Å². The molecule has 0 atom stereocenters. The van der Waals surface area contributed by atoms with E-state index in [-0.39, 0.29) is 12.5 Å². The smallest absolute Gasteiger partial charge is 0.392 e. The highest BCUT2D eigenvalue weighted by Crippen LogP contribution is 2.36. The number of nitrogens with zero attached hydrogens (tertiary/aromatic N) is 3. The van der Waals surface area contributed by atoms with Crippen molar-refractivity contribution in [3.63, 3.8) is 0 Å². The van der Waals surface area contributed by atoms with E-state index in [1.807, 2.05) is 0 Å². The van der Waals surface area contributed by atoms with Crippen molar-refractivity contribution in [3.05, 3.63) is 38.9 Å². The van der Waals surface area contributed by atoms with Crippen LogP contribution in [0.2, 0.25) is 5.02 Å². The molecule has 2 N–H and O–H groups in total. The zero-order chi connectivity index (χ0) is 22.3. The average molecular weight is 455 g/mol. The van der Waals surface area contributed by atoms with Crippen LogP contribution in [0.1, 0.15) is 43.4 Å². The molecule has 0 bridgehead atoms. The van der Waals surface area contributed by atoms with Gasteiger partial charge in [-0.2, -0.15) is 26.3 Å². The standard InChI is InChI=1S/C18H17ClF6N4O/c19-11-6-10(17(20,21)22)7-27-13(11)15-28-14(18(23,24)25)12(26)16(30)29(15)8-9-4-2-1-3-5-9/h6-7,9H,1-5,8,26H2. The van der Waals surface area contributed by atoms with Crippen molar-refractivity contribution in [2.45, 2.75) is 51.0 Å². The Morgan fingerprint density at radius 3 is 2.27 bits per heavy atom. The maximum Gasteiger partial charge on any atom is 0.435 e. The molecule has 1 saturated carbocycles. The number of hydrogen-bond donors (Lipinski definition) is 1. The minimum absolute atomic E-state index is 0.0126. The Labute approximate surface area is 171 Å². The van der Waals surface area contributed by atoms with Gasteiger partial charge in [0, 0.05) is 12.7 Å². The molecule has 2 heterocycles. The lowest BCUT2D eigenvalue weighted by Gasteiger charge is -2.24. The van der Waals surface area contributed by atoms with Crippen LogP contribution in [0.3, 0.4) is 0 Å². The Balaban J connectivity index is 2.20. The van der Waals surface area contributed by atoms with Crippen LogP contribution in [0.15, 0.2) is 17.1 Å². The van der Waals surface area contributed by atoms with Crippen molar-refractivity contribution in [3.8, 4) is 11.5 Å². The van der Waals surface area contributed by atoms with E-state index in [0.29, 0.717) is 12.3 Å². The Morgan fingerprint density at radius 1 is 1.10 bits per heavy atom. The lowest BCUT2D eigenvalue weighted by atomic mass is 9.89. The number of halogens is 7. The first-order valence-electron chi connectivity index (χ1n) is 9.10. The van der Waals surface area contributed by atoms with Crippen LogP contribution in [0.25, 0.3) is 11.5 Å². The molecule has 3 rings (SSSR count). The summed E-state index contributed by atoms with van der Waals surface area (Å²) in [5, 5.41) is -0.577. The highest BCUT2D eigenvalue weighted by Gasteiger charge is 2.39. The molecule has 0 spiro atoms. The van der Waals surface area contributed by atoms with Gasteiger partial charge in [-0.25, -0.2) is 4.98 Å². The van der Waals surface area contributed by atoms with Gasteiger partial charge in [-0.3, -0.25) is 14.3 Å². The quantitative estimate of drug-likeness (QED) is 0.650. The molecule has 12 heteroatoms. The molecule has 1 aliphatic carbocycles. The summed E-state index contributed by atoms with van der Waals surface area (Å²) < 4.78 is 79.6. The van der Waals surface area contributed by atoms with Crippen LogP contribution < -0.4 is 11.3 Å². The van der Waals surface area contributed by atoms with E-state index >= 15 is 0 Å². The second-order valence-corrected chi connectivity index (χ2v) is 7.57. The van der Waals surface area contributed by atoms with Gasteiger partial charge >= 0.3 is 12.4 Å². The largest absolute Gasteiger partial charge is 0.435 e. The van der Waals surface area contributed by atoms with Gasteiger partial charge < -0.3 is 5.73 Å². The van der Waals surface area contributed by atoms with Crippen LogP contribution in [-0.4, -0.2) is 14.5 Å². The fraction of sp³-hybridized carbons (Fsp3) is 0.500. The van der Waals surface area contributed by atoms with E-state index < -0.39 is 51.4 Å². The highest BCUT2D eigenvalue weighted by atomic mass is 35.5. The number of nitrogens with two attached hydrogens (primary N) is 1. The van der Waals surface area contributed by atoms with Crippen LogP contribution in [0.5, 0.6) is 0 Å². The molecule has 2 aromatic heterocycles. The first kappa shape index (κ1) is 22.4. The molecule has 5 nitrogen and oxygen atoms in total. The van der Waals surface area contributed by atoms with Crippen LogP contribution >= 0.6 is 11.6 Å². The number of anilines is 1. The number of aromatic nitrogens is 3.